The van der Waals surface area contributed by atoms with Crippen molar-refractivity contribution < 1.29 is 14.3 Å². The van der Waals surface area contributed by atoms with E-state index in [-0.39, 0.29) is 12.0 Å². The van der Waals surface area contributed by atoms with Crippen molar-refractivity contribution >= 4 is 22.4 Å². The number of carbonyl (C=O) groups is 1. The highest BCUT2D eigenvalue weighted by Crippen LogP contribution is 2.33. The summed E-state index contributed by atoms with van der Waals surface area (Å²) in [6, 6.07) is 11.8. The molecule has 0 aromatic heterocycles. The van der Waals surface area contributed by atoms with E-state index >= 15 is 0 Å². The van der Waals surface area contributed by atoms with E-state index in [0.29, 0.717) is 6.42 Å². The molecule has 0 spiro atoms. The summed E-state index contributed by atoms with van der Waals surface area (Å²) >= 11 is 0. The number of carbonyl (C=O) groups excluding carboxylic acids is 1. The third-order valence-electron chi connectivity index (χ3n) is 4.69. The van der Waals surface area contributed by atoms with E-state index in [1.807, 2.05) is 50.2 Å². The van der Waals surface area contributed by atoms with Crippen molar-refractivity contribution in [1.29, 1.82) is 0 Å². The number of methoxy groups -OCH3 is 1. The van der Waals surface area contributed by atoms with Gasteiger partial charge in [-0.25, -0.2) is 0 Å². The van der Waals surface area contributed by atoms with Gasteiger partial charge < -0.3 is 14.8 Å². The number of fused-ring (bicyclic) bond motifs is 1. The monoisotopic (exact) mass is 343 g/mol. The second kappa shape index (κ2) is 8.34. The number of amides is 1. The zero-order valence-corrected chi connectivity index (χ0v) is 15.9. The number of anilines is 1. The van der Waals surface area contributed by atoms with E-state index in [9.17, 15) is 4.79 Å². The molecule has 2 aromatic carbocycles. The zero-order valence-electron chi connectivity index (χ0n) is 15.9. The first-order valence-corrected chi connectivity index (χ1v) is 9.00. The lowest BCUT2D eigenvalue weighted by molar-refractivity contribution is -0.136. The molecule has 0 saturated heterocycles. The van der Waals surface area contributed by atoms with Crippen LogP contribution in [-0.4, -0.2) is 24.7 Å². The zero-order chi connectivity index (χ0) is 18.4. The lowest BCUT2D eigenvalue weighted by Gasteiger charge is -2.27. The summed E-state index contributed by atoms with van der Waals surface area (Å²) in [5.74, 6) is 0.712. The lowest BCUT2D eigenvalue weighted by Crippen LogP contribution is -2.41. The molecule has 4 nitrogen and oxygen atoms in total. The van der Waals surface area contributed by atoms with Crippen molar-refractivity contribution in [2.45, 2.75) is 58.7 Å². The summed E-state index contributed by atoms with van der Waals surface area (Å²) in [5, 5.41) is 5.00. The fourth-order valence-electron chi connectivity index (χ4n) is 2.82. The van der Waals surface area contributed by atoms with Crippen LogP contribution in [0.25, 0.3) is 10.8 Å². The van der Waals surface area contributed by atoms with Gasteiger partial charge in [-0.05, 0) is 38.8 Å². The maximum atomic E-state index is 12.7. The number of hydrogen-bond acceptors (Lipinski definition) is 3. The number of rotatable bonds is 8. The molecule has 1 amide bonds. The summed E-state index contributed by atoms with van der Waals surface area (Å²) < 4.78 is 11.5. The average Bonchev–Trinajstić information content (AvgIpc) is 2.63. The van der Waals surface area contributed by atoms with Crippen molar-refractivity contribution in [3.63, 3.8) is 0 Å². The smallest absolute Gasteiger partial charge is 0.256 e. The molecule has 25 heavy (non-hydrogen) atoms. The van der Waals surface area contributed by atoms with Crippen molar-refractivity contribution in [1.82, 2.24) is 0 Å². The van der Waals surface area contributed by atoms with E-state index in [1.54, 1.807) is 7.11 Å². The molecule has 136 valence electrons. The van der Waals surface area contributed by atoms with Crippen LogP contribution in [0, 0.1) is 0 Å². The normalized spacial score (nSPS) is 14.8. The molecule has 4 heteroatoms. The van der Waals surface area contributed by atoms with Crippen LogP contribution in [0.15, 0.2) is 36.4 Å². The molecule has 0 radical (unpaired) electrons. The highest BCUT2D eigenvalue weighted by molar-refractivity contribution is 6.06. The van der Waals surface area contributed by atoms with Gasteiger partial charge >= 0.3 is 0 Å². The van der Waals surface area contributed by atoms with E-state index < -0.39 is 5.60 Å². The maximum absolute atomic E-state index is 12.7. The largest absolute Gasteiger partial charge is 0.490 e. The molecule has 2 aromatic rings. The summed E-state index contributed by atoms with van der Waals surface area (Å²) in [4.78, 5) is 12.7. The quantitative estimate of drug-likeness (QED) is 0.720. The van der Waals surface area contributed by atoms with E-state index in [1.165, 1.54) is 0 Å². The van der Waals surface area contributed by atoms with Crippen LogP contribution in [0.3, 0.4) is 0 Å². The standard InChI is InChI=1S/C21H29NO3/c1-6-14-21(4,24-5)20(23)22-18-12-13-19(25-15(3)7-2)17-11-9-8-10-16(17)18/h8-13,15H,6-7,14H2,1-5H3,(H,22,23)/t15-,21+/m1/s1. The number of benzene rings is 2. The third kappa shape index (κ3) is 4.31. The molecular formula is C21H29NO3. The third-order valence-corrected chi connectivity index (χ3v) is 4.69. The van der Waals surface area contributed by atoms with Gasteiger partial charge in [0.15, 0.2) is 0 Å². The highest BCUT2D eigenvalue weighted by Gasteiger charge is 2.32. The topological polar surface area (TPSA) is 47.6 Å². The van der Waals surface area contributed by atoms with Crippen molar-refractivity contribution in [3.05, 3.63) is 36.4 Å². The molecule has 0 aliphatic rings. The van der Waals surface area contributed by atoms with Crippen LogP contribution in [0.1, 0.15) is 47.0 Å². The Kier molecular flexibility index (Phi) is 6.43. The first-order chi connectivity index (χ1) is 11.9. The molecule has 0 aliphatic carbocycles. The van der Waals surface area contributed by atoms with Gasteiger partial charge in [0.1, 0.15) is 11.4 Å². The summed E-state index contributed by atoms with van der Waals surface area (Å²) in [5.41, 5.74) is -0.0571. The SMILES string of the molecule is CCC[C@](C)(OC)C(=O)Nc1ccc(O[C@H](C)CC)c2ccccc12. The summed E-state index contributed by atoms with van der Waals surface area (Å²) in [6.45, 7) is 8.02. The molecule has 0 heterocycles. The maximum Gasteiger partial charge on any atom is 0.256 e. The Labute approximate surface area is 150 Å². The van der Waals surface area contributed by atoms with Gasteiger partial charge in [0.05, 0.1) is 6.10 Å². The van der Waals surface area contributed by atoms with Crippen LogP contribution in [-0.2, 0) is 9.53 Å². The van der Waals surface area contributed by atoms with Gasteiger partial charge in [0, 0.05) is 23.6 Å². The minimum atomic E-state index is -0.832. The van der Waals surface area contributed by atoms with E-state index in [4.69, 9.17) is 9.47 Å². The number of ether oxygens (including phenoxy) is 2. The Hall–Kier alpha value is -2.07. The van der Waals surface area contributed by atoms with Crippen LogP contribution in [0.4, 0.5) is 5.69 Å². The minimum absolute atomic E-state index is 0.127. The fraction of sp³-hybridized carbons (Fsp3) is 0.476. The van der Waals surface area contributed by atoms with Gasteiger partial charge in [-0.15, -0.1) is 0 Å². The van der Waals surface area contributed by atoms with Crippen molar-refractivity contribution in [2.75, 3.05) is 12.4 Å². The molecule has 0 unspecified atom stereocenters. The Morgan fingerprint density at radius 1 is 1.16 bits per heavy atom. The minimum Gasteiger partial charge on any atom is -0.490 e. The van der Waals surface area contributed by atoms with Crippen LogP contribution in [0.2, 0.25) is 0 Å². The Morgan fingerprint density at radius 2 is 1.84 bits per heavy atom. The fourth-order valence-corrected chi connectivity index (χ4v) is 2.82. The number of nitrogens with one attached hydrogen (secondary N) is 1. The predicted octanol–water partition coefficient (Wildman–Crippen LogP) is 5.16. The molecule has 0 fully saturated rings. The number of hydrogen-bond donors (Lipinski definition) is 1. The highest BCUT2D eigenvalue weighted by atomic mass is 16.5. The van der Waals surface area contributed by atoms with Crippen molar-refractivity contribution in [3.8, 4) is 5.75 Å². The van der Waals surface area contributed by atoms with Gasteiger partial charge in [-0.3, -0.25) is 4.79 Å². The first kappa shape index (κ1) is 19.3. The van der Waals surface area contributed by atoms with E-state index in [0.717, 1.165) is 35.1 Å². The molecule has 0 bridgehead atoms. The molecule has 0 saturated carbocycles. The van der Waals surface area contributed by atoms with E-state index in [2.05, 4.69) is 19.2 Å². The Morgan fingerprint density at radius 3 is 2.44 bits per heavy atom. The Bertz CT molecular complexity index is 728. The molecule has 1 N–H and O–H groups in total. The van der Waals surface area contributed by atoms with Gasteiger partial charge in [0.2, 0.25) is 0 Å². The first-order valence-electron chi connectivity index (χ1n) is 9.00. The predicted molar refractivity (Wildman–Crippen MR) is 103 cm³/mol. The lowest BCUT2D eigenvalue weighted by atomic mass is 9.98. The second-order valence-electron chi connectivity index (χ2n) is 6.63. The summed E-state index contributed by atoms with van der Waals surface area (Å²) in [7, 11) is 1.58. The molecule has 2 atom stereocenters. The molecule has 0 aliphatic heterocycles. The molecular weight excluding hydrogens is 314 g/mol. The van der Waals surface area contributed by atoms with Crippen LogP contribution < -0.4 is 10.1 Å². The Balaban J connectivity index is 2.37. The molecule has 2 rings (SSSR count). The van der Waals surface area contributed by atoms with Crippen LogP contribution in [0.5, 0.6) is 5.75 Å². The van der Waals surface area contributed by atoms with Gasteiger partial charge in [-0.1, -0.05) is 44.5 Å². The summed E-state index contributed by atoms with van der Waals surface area (Å²) in [6.07, 6.45) is 2.63. The van der Waals surface area contributed by atoms with Gasteiger partial charge in [-0.2, -0.15) is 0 Å². The van der Waals surface area contributed by atoms with Gasteiger partial charge in [0.25, 0.3) is 5.91 Å². The van der Waals surface area contributed by atoms with Crippen LogP contribution >= 0.6 is 0 Å². The van der Waals surface area contributed by atoms with Crippen molar-refractivity contribution in [2.24, 2.45) is 0 Å². The average molecular weight is 343 g/mol. The second-order valence-corrected chi connectivity index (χ2v) is 6.63.